The Morgan fingerprint density at radius 1 is 1.17 bits per heavy atom. The van der Waals surface area contributed by atoms with E-state index in [1.54, 1.807) is 13.0 Å². The van der Waals surface area contributed by atoms with E-state index in [0.717, 1.165) is 6.07 Å². The SMILES string of the molecule is COc1ccc(-c2nc(C(=O)NCc3cnc(N)nc3)c([C@H](C)N)o2)c2ccc(C(F)(F)F)nc12. The van der Waals surface area contributed by atoms with Crippen LogP contribution in [-0.4, -0.2) is 33.0 Å². The van der Waals surface area contributed by atoms with Crippen LogP contribution >= 0.6 is 0 Å². The van der Waals surface area contributed by atoms with Crippen molar-refractivity contribution in [3.63, 3.8) is 0 Å². The summed E-state index contributed by atoms with van der Waals surface area (Å²) in [5.41, 5.74) is 11.2. The number of nitrogens with one attached hydrogen (secondary N) is 1. The van der Waals surface area contributed by atoms with Gasteiger partial charge in [0.1, 0.15) is 17.0 Å². The number of nitrogen functional groups attached to an aromatic ring is 1. The molecule has 0 radical (unpaired) electrons. The van der Waals surface area contributed by atoms with Gasteiger partial charge < -0.3 is 25.9 Å². The van der Waals surface area contributed by atoms with Gasteiger partial charge in [-0.3, -0.25) is 4.79 Å². The standard InChI is InChI=1S/C22H20F3N7O3/c1-10(26)18-17(19(33)28-7-11-8-29-21(27)30-9-11)32-20(35-18)13-3-5-14(34-2)16-12(13)4-6-15(31-16)22(23,24)25/h3-6,8-10H,7,26H2,1-2H3,(H,28,33)(H2,27,29,30)/t10-/m0/s1. The van der Waals surface area contributed by atoms with Crippen molar-refractivity contribution in [2.45, 2.75) is 25.7 Å². The minimum Gasteiger partial charge on any atom is -0.494 e. The van der Waals surface area contributed by atoms with Crippen LogP contribution in [0.15, 0.2) is 41.1 Å². The number of nitrogens with zero attached hydrogens (tertiary/aromatic N) is 4. The van der Waals surface area contributed by atoms with Gasteiger partial charge in [0, 0.05) is 35.5 Å². The zero-order valence-electron chi connectivity index (χ0n) is 18.6. The van der Waals surface area contributed by atoms with E-state index in [1.165, 1.54) is 31.6 Å². The average Bonchev–Trinajstić information content (AvgIpc) is 3.27. The van der Waals surface area contributed by atoms with Crippen LogP contribution in [0.2, 0.25) is 0 Å². The highest BCUT2D eigenvalue weighted by molar-refractivity contribution is 5.98. The first kappa shape index (κ1) is 23.9. The molecule has 0 bridgehead atoms. The number of hydrogen-bond acceptors (Lipinski definition) is 9. The number of amides is 1. The Labute approximate surface area is 196 Å². The average molecular weight is 487 g/mol. The number of rotatable bonds is 6. The van der Waals surface area contributed by atoms with E-state index in [-0.39, 0.29) is 41.1 Å². The fraction of sp³-hybridized carbons (Fsp3) is 0.227. The van der Waals surface area contributed by atoms with Gasteiger partial charge in [0.2, 0.25) is 11.8 Å². The molecule has 0 aliphatic rings. The second-order valence-electron chi connectivity index (χ2n) is 7.56. The fourth-order valence-corrected chi connectivity index (χ4v) is 3.34. The van der Waals surface area contributed by atoms with E-state index in [0.29, 0.717) is 16.5 Å². The first-order chi connectivity index (χ1) is 16.6. The number of aromatic nitrogens is 4. The molecule has 13 heteroatoms. The lowest BCUT2D eigenvalue weighted by molar-refractivity contribution is -0.140. The molecular formula is C22H20F3N7O3. The summed E-state index contributed by atoms with van der Waals surface area (Å²) in [7, 11) is 1.32. The van der Waals surface area contributed by atoms with E-state index in [2.05, 4.69) is 25.3 Å². The third-order valence-electron chi connectivity index (χ3n) is 5.02. The van der Waals surface area contributed by atoms with Gasteiger partial charge in [-0.15, -0.1) is 0 Å². The number of pyridine rings is 1. The molecule has 10 nitrogen and oxygen atoms in total. The van der Waals surface area contributed by atoms with Crippen LogP contribution in [0.5, 0.6) is 5.75 Å². The van der Waals surface area contributed by atoms with E-state index in [4.69, 9.17) is 20.6 Å². The van der Waals surface area contributed by atoms with Crippen molar-refractivity contribution in [3.05, 3.63) is 59.4 Å². The predicted molar refractivity (Wildman–Crippen MR) is 119 cm³/mol. The van der Waals surface area contributed by atoms with Crippen LogP contribution in [-0.2, 0) is 12.7 Å². The summed E-state index contributed by atoms with van der Waals surface area (Å²) in [5, 5.41) is 2.97. The van der Waals surface area contributed by atoms with Gasteiger partial charge in [0.25, 0.3) is 5.91 Å². The monoisotopic (exact) mass is 487 g/mol. The van der Waals surface area contributed by atoms with Crippen molar-refractivity contribution >= 4 is 22.8 Å². The Kier molecular flexibility index (Phi) is 6.26. The normalized spacial score (nSPS) is 12.5. The van der Waals surface area contributed by atoms with Gasteiger partial charge in [-0.25, -0.2) is 19.9 Å². The van der Waals surface area contributed by atoms with Crippen molar-refractivity contribution < 1.29 is 27.1 Å². The largest absolute Gasteiger partial charge is 0.494 e. The number of nitrogens with two attached hydrogens (primary N) is 2. The van der Waals surface area contributed by atoms with Crippen molar-refractivity contribution in [2.75, 3.05) is 12.8 Å². The number of ether oxygens (including phenoxy) is 1. The lowest BCUT2D eigenvalue weighted by atomic mass is 10.1. The van der Waals surface area contributed by atoms with Gasteiger partial charge in [-0.05, 0) is 31.2 Å². The third kappa shape index (κ3) is 4.84. The van der Waals surface area contributed by atoms with E-state index in [1.807, 2.05) is 0 Å². The Morgan fingerprint density at radius 3 is 2.51 bits per heavy atom. The number of hydrogen-bond donors (Lipinski definition) is 3. The highest BCUT2D eigenvalue weighted by Crippen LogP contribution is 2.37. The zero-order valence-corrected chi connectivity index (χ0v) is 18.6. The summed E-state index contributed by atoms with van der Waals surface area (Å²) in [5.74, 6) is -0.233. The summed E-state index contributed by atoms with van der Waals surface area (Å²) in [6.45, 7) is 1.70. The number of carbonyl (C=O) groups is 1. The molecule has 4 rings (SSSR count). The molecule has 0 saturated carbocycles. The summed E-state index contributed by atoms with van der Waals surface area (Å²) in [4.78, 5) is 28.6. The molecular weight excluding hydrogens is 467 g/mol. The van der Waals surface area contributed by atoms with Gasteiger partial charge >= 0.3 is 6.18 Å². The molecule has 1 amide bonds. The van der Waals surface area contributed by atoms with E-state index >= 15 is 0 Å². The molecule has 5 N–H and O–H groups in total. The topological polar surface area (TPSA) is 155 Å². The minimum absolute atomic E-state index is 0.00696. The maximum absolute atomic E-state index is 13.2. The number of carbonyl (C=O) groups excluding carboxylic acids is 1. The Bertz CT molecular complexity index is 1390. The van der Waals surface area contributed by atoms with Crippen molar-refractivity contribution in [1.82, 2.24) is 25.3 Å². The summed E-state index contributed by atoms with van der Waals surface area (Å²) < 4.78 is 50.6. The molecule has 0 aliphatic carbocycles. The fourth-order valence-electron chi connectivity index (χ4n) is 3.34. The van der Waals surface area contributed by atoms with Crippen LogP contribution in [0.3, 0.4) is 0 Å². The predicted octanol–water partition coefficient (Wildman–Crippen LogP) is 3.24. The molecule has 4 aromatic rings. The smallest absolute Gasteiger partial charge is 0.433 e. The minimum atomic E-state index is -4.64. The highest BCUT2D eigenvalue weighted by Gasteiger charge is 2.33. The molecule has 0 saturated heterocycles. The maximum Gasteiger partial charge on any atom is 0.433 e. The summed E-state index contributed by atoms with van der Waals surface area (Å²) >= 11 is 0. The molecule has 35 heavy (non-hydrogen) atoms. The van der Waals surface area contributed by atoms with Crippen LogP contribution in [0.1, 0.15) is 40.5 Å². The van der Waals surface area contributed by atoms with Gasteiger partial charge in [0.05, 0.1) is 13.2 Å². The van der Waals surface area contributed by atoms with Crippen molar-refractivity contribution in [1.29, 1.82) is 0 Å². The number of benzene rings is 1. The first-order valence-corrected chi connectivity index (χ1v) is 10.2. The quantitative estimate of drug-likeness (QED) is 0.372. The van der Waals surface area contributed by atoms with Crippen molar-refractivity contribution in [2.24, 2.45) is 5.73 Å². The first-order valence-electron chi connectivity index (χ1n) is 10.2. The Morgan fingerprint density at radius 2 is 1.89 bits per heavy atom. The molecule has 1 atom stereocenters. The molecule has 0 aliphatic heterocycles. The van der Waals surface area contributed by atoms with Crippen molar-refractivity contribution in [3.8, 4) is 17.2 Å². The van der Waals surface area contributed by atoms with Crippen LogP contribution in [0.4, 0.5) is 19.1 Å². The summed E-state index contributed by atoms with van der Waals surface area (Å²) in [6.07, 6.45) is -1.70. The zero-order chi connectivity index (χ0) is 25.3. The third-order valence-corrected chi connectivity index (χ3v) is 5.02. The van der Waals surface area contributed by atoms with E-state index < -0.39 is 23.8 Å². The number of methoxy groups -OCH3 is 1. The second kappa shape index (κ2) is 9.18. The number of oxazole rings is 1. The van der Waals surface area contributed by atoms with Gasteiger partial charge in [-0.1, -0.05) is 0 Å². The van der Waals surface area contributed by atoms with Crippen LogP contribution in [0.25, 0.3) is 22.4 Å². The van der Waals surface area contributed by atoms with Gasteiger partial charge in [-0.2, -0.15) is 13.2 Å². The summed E-state index contributed by atoms with van der Waals surface area (Å²) in [6, 6.07) is 4.40. The van der Waals surface area contributed by atoms with E-state index in [9.17, 15) is 18.0 Å². The molecule has 182 valence electrons. The van der Waals surface area contributed by atoms with Crippen LogP contribution in [0, 0.1) is 0 Å². The Balaban J connectivity index is 1.73. The van der Waals surface area contributed by atoms with Crippen LogP contribution < -0.4 is 21.5 Å². The molecule has 0 unspecified atom stereocenters. The molecule has 0 spiro atoms. The molecule has 3 heterocycles. The lowest BCUT2D eigenvalue weighted by Gasteiger charge is -2.11. The maximum atomic E-state index is 13.2. The second-order valence-corrected chi connectivity index (χ2v) is 7.56. The molecule has 1 aromatic carbocycles. The molecule has 3 aromatic heterocycles. The highest BCUT2D eigenvalue weighted by atomic mass is 19.4. The number of anilines is 1. The Hall–Kier alpha value is -4.26. The lowest BCUT2D eigenvalue weighted by Crippen LogP contribution is -2.25. The number of fused-ring (bicyclic) bond motifs is 1. The number of halogens is 3. The van der Waals surface area contributed by atoms with Gasteiger partial charge in [0.15, 0.2) is 11.5 Å². The molecule has 0 fully saturated rings. The number of alkyl halides is 3.